The molecule has 1 aromatic carbocycles. The van der Waals surface area contributed by atoms with Crippen LogP contribution in [-0.2, 0) is 10.1 Å². The van der Waals surface area contributed by atoms with Gasteiger partial charge in [0.2, 0.25) is 0 Å². The normalized spacial score (nSPS) is 24.7. The largest absolute Gasteiger partial charge is 0.511 e. The number of nitrogens with two attached hydrogens (primary N) is 1. The number of hydrogen-bond acceptors (Lipinski definition) is 6. The quantitative estimate of drug-likeness (QED) is 0.651. The molecule has 2 atom stereocenters. The molecule has 0 amide bonds. The van der Waals surface area contributed by atoms with Crippen LogP contribution >= 0.6 is 0 Å². The first-order valence-electron chi connectivity index (χ1n) is 6.28. The van der Waals surface area contributed by atoms with Crippen molar-refractivity contribution < 1.29 is 27.7 Å². The first-order chi connectivity index (χ1) is 10.2. The van der Waals surface area contributed by atoms with Gasteiger partial charge in [-0.3, -0.25) is 14.1 Å². The van der Waals surface area contributed by atoms with Crippen LogP contribution in [-0.4, -0.2) is 29.6 Å². The van der Waals surface area contributed by atoms with Crippen molar-refractivity contribution >= 4 is 21.7 Å². The average Bonchev–Trinajstić information content (AvgIpc) is 2.45. The molecule has 2 aliphatic carbocycles. The number of rotatable bonds is 1. The van der Waals surface area contributed by atoms with Gasteiger partial charge in [0.05, 0.1) is 11.8 Å². The van der Waals surface area contributed by atoms with Crippen molar-refractivity contribution in [3.63, 3.8) is 0 Å². The van der Waals surface area contributed by atoms with Gasteiger partial charge in [0, 0.05) is 16.8 Å². The molecule has 0 aromatic heterocycles. The molecule has 2 aliphatic rings. The maximum absolute atomic E-state index is 12.5. The van der Waals surface area contributed by atoms with Crippen molar-refractivity contribution in [3.8, 4) is 0 Å². The summed E-state index contributed by atoms with van der Waals surface area (Å²) in [4.78, 5) is 24.3. The van der Waals surface area contributed by atoms with Crippen LogP contribution in [0.15, 0.2) is 46.7 Å². The molecule has 0 saturated carbocycles. The van der Waals surface area contributed by atoms with Crippen molar-refractivity contribution in [1.29, 1.82) is 0 Å². The minimum absolute atomic E-state index is 0.112. The molecule has 0 bridgehead atoms. The fraction of sp³-hybridized carbons (Fsp3) is 0.143. The molecule has 0 radical (unpaired) electrons. The number of benzene rings is 1. The molecule has 0 fully saturated rings. The number of carbonyl (C=O) groups is 2. The number of fused-ring (bicyclic) bond motifs is 2. The van der Waals surface area contributed by atoms with Gasteiger partial charge in [-0.15, -0.1) is 0 Å². The predicted molar refractivity (Wildman–Crippen MR) is 75.6 cm³/mol. The van der Waals surface area contributed by atoms with Gasteiger partial charge in [-0.05, 0) is 6.08 Å². The lowest BCUT2D eigenvalue weighted by Crippen LogP contribution is -2.43. The minimum atomic E-state index is -4.72. The van der Waals surface area contributed by atoms with E-state index in [1.165, 1.54) is 12.1 Å². The van der Waals surface area contributed by atoms with Gasteiger partial charge in [0.25, 0.3) is 10.1 Å². The fourth-order valence-corrected chi connectivity index (χ4v) is 3.56. The summed E-state index contributed by atoms with van der Waals surface area (Å²) in [7, 11) is -4.72. The summed E-state index contributed by atoms with van der Waals surface area (Å²) in [5.74, 6) is -4.32. The Morgan fingerprint density at radius 2 is 1.50 bits per heavy atom. The third kappa shape index (κ3) is 1.88. The van der Waals surface area contributed by atoms with Crippen molar-refractivity contribution in [2.45, 2.75) is 0 Å². The van der Waals surface area contributed by atoms with E-state index in [4.69, 9.17) is 10.3 Å². The predicted octanol–water partition coefficient (Wildman–Crippen LogP) is 0.812. The molecule has 0 aliphatic heterocycles. The van der Waals surface area contributed by atoms with Gasteiger partial charge < -0.3 is 10.8 Å². The Morgan fingerprint density at radius 1 is 1.00 bits per heavy atom. The Labute approximate surface area is 125 Å². The molecule has 1 aromatic rings. The monoisotopic (exact) mass is 321 g/mol. The third-order valence-corrected chi connectivity index (χ3v) is 4.76. The SMILES string of the molecule is NC1=C(S(=O)(=O)O)C=C(O)[C@H]2C(=O)c3ccccc3C(=O)[C@H]12. The van der Waals surface area contributed by atoms with Crippen LogP contribution in [0.25, 0.3) is 0 Å². The Morgan fingerprint density at radius 3 is 2.00 bits per heavy atom. The number of allylic oxidation sites excluding steroid dienone is 3. The van der Waals surface area contributed by atoms with E-state index in [-0.39, 0.29) is 11.1 Å². The Kier molecular flexibility index (Phi) is 2.98. The van der Waals surface area contributed by atoms with Crippen LogP contribution in [0.5, 0.6) is 0 Å². The lowest BCUT2D eigenvalue weighted by Gasteiger charge is -2.33. The van der Waals surface area contributed by atoms with Gasteiger partial charge in [-0.2, -0.15) is 8.42 Å². The summed E-state index contributed by atoms with van der Waals surface area (Å²) >= 11 is 0. The second kappa shape index (κ2) is 4.52. The Hall–Kier alpha value is -2.45. The molecule has 114 valence electrons. The molecule has 8 heteroatoms. The minimum Gasteiger partial charge on any atom is -0.511 e. The second-order valence-corrected chi connectivity index (χ2v) is 6.48. The number of ketones is 2. The molecule has 22 heavy (non-hydrogen) atoms. The highest BCUT2D eigenvalue weighted by Gasteiger charge is 2.48. The molecular weight excluding hydrogens is 310 g/mol. The maximum Gasteiger partial charge on any atom is 0.296 e. The van der Waals surface area contributed by atoms with Crippen LogP contribution < -0.4 is 5.73 Å². The summed E-state index contributed by atoms with van der Waals surface area (Å²) in [5, 5.41) is 9.99. The standard InChI is InChI=1S/C14H11NO6S/c15-12-9(22(19,20)21)5-8(16)10-11(12)14(18)7-4-2-1-3-6(7)13(10)17/h1-5,10-11,16H,15H2,(H,19,20,21)/t10-,11+/m1/s1. The van der Waals surface area contributed by atoms with E-state index in [1.807, 2.05) is 0 Å². The summed E-state index contributed by atoms with van der Waals surface area (Å²) in [5.41, 5.74) is 5.52. The highest BCUT2D eigenvalue weighted by atomic mass is 32.2. The van der Waals surface area contributed by atoms with E-state index in [2.05, 4.69) is 0 Å². The molecule has 0 heterocycles. The van der Waals surface area contributed by atoms with Crippen LogP contribution in [0.1, 0.15) is 20.7 Å². The van der Waals surface area contributed by atoms with Crippen LogP contribution in [0.3, 0.4) is 0 Å². The lowest BCUT2D eigenvalue weighted by atomic mass is 9.70. The molecule has 0 unspecified atom stereocenters. The van der Waals surface area contributed by atoms with Crippen molar-refractivity contribution in [2.75, 3.05) is 0 Å². The van der Waals surface area contributed by atoms with E-state index in [0.29, 0.717) is 6.08 Å². The van der Waals surface area contributed by atoms with Gasteiger partial charge in [0.15, 0.2) is 11.6 Å². The zero-order chi connectivity index (χ0) is 16.2. The molecule has 0 spiro atoms. The summed E-state index contributed by atoms with van der Waals surface area (Å²) in [6.45, 7) is 0. The molecule has 4 N–H and O–H groups in total. The van der Waals surface area contributed by atoms with E-state index >= 15 is 0 Å². The van der Waals surface area contributed by atoms with Gasteiger partial charge in [-0.25, -0.2) is 0 Å². The summed E-state index contributed by atoms with van der Waals surface area (Å²) in [6.07, 6.45) is 0.713. The zero-order valence-electron chi connectivity index (χ0n) is 11.1. The molecule has 3 rings (SSSR count). The summed E-state index contributed by atoms with van der Waals surface area (Å²) in [6, 6.07) is 6.03. The topological polar surface area (TPSA) is 135 Å². The number of aliphatic hydroxyl groups excluding tert-OH is 1. The van der Waals surface area contributed by atoms with E-state index in [0.717, 1.165) is 0 Å². The van der Waals surface area contributed by atoms with Crippen molar-refractivity contribution in [1.82, 2.24) is 0 Å². The molecule has 0 saturated heterocycles. The second-order valence-electron chi connectivity index (χ2n) is 5.09. The van der Waals surface area contributed by atoms with Crippen molar-refractivity contribution in [3.05, 3.63) is 57.8 Å². The van der Waals surface area contributed by atoms with E-state index in [1.54, 1.807) is 12.1 Å². The maximum atomic E-state index is 12.5. The van der Waals surface area contributed by atoms with E-state index < -0.39 is 49.9 Å². The van der Waals surface area contributed by atoms with E-state index in [9.17, 15) is 23.1 Å². The van der Waals surface area contributed by atoms with Crippen LogP contribution in [0.2, 0.25) is 0 Å². The van der Waals surface area contributed by atoms with Gasteiger partial charge >= 0.3 is 0 Å². The number of hydrogen-bond donors (Lipinski definition) is 3. The molecule has 7 nitrogen and oxygen atoms in total. The highest BCUT2D eigenvalue weighted by molar-refractivity contribution is 7.90. The zero-order valence-corrected chi connectivity index (χ0v) is 11.9. The third-order valence-electron chi connectivity index (χ3n) is 3.85. The fourth-order valence-electron chi connectivity index (χ4n) is 2.86. The van der Waals surface area contributed by atoms with Crippen LogP contribution in [0, 0.1) is 11.8 Å². The summed E-state index contributed by atoms with van der Waals surface area (Å²) < 4.78 is 31.8. The Balaban J connectivity index is 2.28. The highest BCUT2D eigenvalue weighted by Crippen LogP contribution is 2.41. The van der Waals surface area contributed by atoms with Gasteiger partial charge in [0.1, 0.15) is 10.7 Å². The first kappa shape index (κ1) is 14.5. The average molecular weight is 321 g/mol. The van der Waals surface area contributed by atoms with Crippen LogP contribution in [0.4, 0.5) is 0 Å². The van der Waals surface area contributed by atoms with Gasteiger partial charge in [-0.1, -0.05) is 24.3 Å². The smallest absolute Gasteiger partial charge is 0.296 e. The molecular formula is C14H11NO6S. The number of aliphatic hydroxyl groups is 1. The number of Topliss-reactive ketones (excluding diaryl/α,β-unsaturated/α-hetero) is 2. The Bertz CT molecular complexity index is 880. The van der Waals surface area contributed by atoms with Crippen molar-refractivity contribution in [2.24, 2.45) is 17.6 Å². The number of carbonyl (C=O) groups excluding carboxylic acids is 2. The first-order valence-corrected chi connectivity index (χ1v) is 7.72. The lowest BCUT2D eigenvalue weighted by molar-refractivity contribution is 0.0747.